The highest BCUT2D eigenvalue weighted by Gasteiger charge is 2.35. The Morgan fingerprint density at radius 1 is 1.27 bits per heavy atom. The maximum Gasteiger partial charge on any atom is 0.404 e. The number of likely N-dealkylation sites (N-methyl/N-ethyl adjacent to an activating group) is 1. The van der Waals surface area contributed by atoms with E-state index in [1.807, 2.05) is 23.9 Å². The van der Waals surface area contributed by atoms with Gasteiger partial charge in [-0.1, -0.05) is 6.92 Å². The molecule has 206 valence electrons. The molecular formula is C23H31F3N4O5S2. The minimum atomic E-state index is -4.91. The average Bonchev–Trinajstić information content (AvgIpc) is 3.31. The number of anilines is 1. The molecule has 0 saturated carbocycles. The summed E-state index contributed by atoms with van der Waals surface area (Å²) in [7, 11) is -1.57. The number of rotatable bonds is 6. The molecule has 14 heteroatoms. The molecule has 1 amide bonds. The number of aromatic nitrogens is 1. The normalized spacial score (nSPS) is 22.5. The number of alkyl halides is 3. The number of nitrogens with zero attached hydrogens (tertiary/aromatic N) is 3. The lowest BCUT2D eigenvalue weighted by Gasteiger charge is -2.35. The second kappa shape index (κ2) is 12.0. The van der Waals surface area contributed by atoms with Crippen molar-refractivity contribution in [3.63, 3.8) is 0 Å². The minimum absolute atomic E-state index is 0.0245. The molecule has 37 heavy (non-hydrogen) atoms. The summed E-state index contributed by atoms with van der Waals surface area (Å²) in [6.07, 6.45) is -3.47. The van der Waals surface area contributed by atoms with Crippen LogP contribution in [0.25, 0.3) is 0 Å². The molecule has 1 N–H and O–H groups in total. The Morgan fingerprint density at radius 3 is 2.62 bits per heavy atom. The zero-order valence-electron chi connectivity index (χ0n) is 21.0. The quantitative estimate of drug-likeness (QED) is 0.574. The van der Waals surface area contributed by atoms with Crippen LogP contribution in [0, 0.1) is 5.92 Å². The molecular weight excluding hydrogens is 533 g/mol. The molecule has 0 radical (unpaired) electrons. The van der Waals surface area contributed by atoms with Gasteiger partial charge in [0.25, 0.3) is 5.91 Å². The molecule has 3 atom stereocenters. The fraction of sp³-hybridized carbons (Fsp3) is 0.565. The van der Waals surface area contributed by atoms with E-state index in [2.05, 4.69) is 9.88 Å². The summed E-state index contributed by atoms with van der Waals surface area (Å²) in [5, 5.41) is 2.86. The Morgan fingerprint density at radius 2 is 2.00 bits per heavy atom. The fourth-order valence-electron chi connectivity index (χ4n) is 4.07. The van der Waals surface area contributed by atoms with Crippen molar-refractivity contribution in [1.82, 2.24) is 14.8 Å². The summed E-state index contributed by atoms with van der Waals surface area (Å²) in [4.78, 5) is 21.4. The smallest absolute Gasteiger partial charge is 0.404 e. The Bertz CT molecular complexity index is 1160. The first kappa shape index (κ1) is 29.1. The molecule has 1 aliphatic heterocycles. The third-order valence-electron chi connectivity index (χ3n) is 6.02. The average molecular weight is 565 g/mol. The molecule has 3 rings (SSSR count). The van der Waals surface area contributed by atoms with Gasteiger partial charge in [0.1, 0.15) is 17.4 Å². The molecule has 0 fully saturated rings. The van der Waals surface area contributed by atoms with Gasteiger partial charge in [0.05, 0.1) is 18.2 Å². The largest absolute Gasteiger partial charge is 0.491 e. The van der Waals surface area contributed by atoms with E-state index in [-0.39, 0.29) is 48.2 Å². The van der Waals surface area contributed by atoms with Gasteiger partial charge in [0.15, 0.2) is 5.75 Å². The molecule has 1 aromatic carbocycles. The van der Waals surface area contributed by atoms with E-state index in [0.29, 0.717) is 13.1 Å². The van der Waals surface area contributed by atoms with Crippen LogP contribution in [0.5, 0.6) is 5.75 Å². The molecule has 0 unspecified atom stereocenters. The van der Waals surface area contributed by atoms with Gasteiger partial charge in [0.2, 0.25) is 10.0 Å². The van der Waals surface area contributed by atoms with Crippen molar-refractivity contribution < 1.29 is 35.9 Å². The van der Waals surface area contributed by atoms with Gasteiger partial charge in [-0.25, -0.2) is 13.4 Å². The predicted molar refractivity (Wildman–Crippen MR) is 134 cm³/mol. The standard InChI is InChI=1S/C23H31F3N4O5S2/c1-15-10-30(12-21-27-7-8-36-21)16(2)13-35-19-6-5-17(28-37(32,33)14-23(24,25)26)9-18(19)22(31)29(3)11-20(15)34-4/h5-9,15-16,20,28H,10-14H2,1-4H3/t15-,16+,20+/m1/s1. The number of hydrogen-bond acceptors (Lipinski definition) is 8. The topological polar surface area (TPSA) is 101 Å². The lowest BCUT2D eigenvalue weighted by Crippen LogP contribution is -2.46. The number of nitrogens with one attached hydrogen (secondary N) is 1. The monoisotopic (exact) mass is 564 g/mol. The number of carbonyl (C=O) groups excluding carboxylic acids is 1. The number of halogens is 3. The first-order valence-electron chi connectivity index (χ1n) is 11.5. The van der Waals surface area contributed by atoms with Crippen molar-refractivity contribution in [3.05, 3.63) is 40.3 Å². The molecule has 2 heterocycles. The van der Waals surface area contributed by atoms with E-state index in [1.165, 1.54) is 23.1 Å². The van der Waals surface area contributed by atoms with E-state index < -0.39 is 27.9 Å². The molecule has 0 spiro atoms. The van der Waals surface area contributed by atoms with Crippen molar-refractivity contribution in [2.75, 3.05) is 44.3 Å². The first-order valence-corrected chi connectivity index (χ1v) is 14.1. The van der Waals surface area contributed by atoms with Crippen molar-refractivity contribution in [2.24, 2.45) is 5.92 Å². The van der Waals surface area contributed by atoms with Gasteiger partial charge in [-0.2, -0.15) is 13.2 Å². The third kappa shape index (κ3) is 8.28. The number of carbonyl (C=O) groups is 1. The Kier molecular flexibility index (Phi) is 9.42. The SMILES string of the molecule is CO[C@H]1CN(C)C(=O)c2cc(NS(=O)(=O)CC(F)(F)F)ccc2OC[C@H](C)N(Cc2nccs2)C[C@H]1C. The van der Waals surface area contributed by atoms with Crippen LogP contribution in [-0.4, -0.2) is 87.0 Å². The number of amides is 1. The van der Waals surface area contributed by atoms with E-state index in [9.17, 15) is 26.4 Å². The van der Waals surface area contributed by atoms with Crippen LogP contribution in [0.15, 0.2) is 29.8 Å². The second-order valence-corrected chi connectivity index (χ2v) is 11.8. The van der Waals surface area contributed by atoms with Crippen LogP contribution in [-0.2, 0) is 21.3 Å². The summed E-state index contributed by atoms with van der Waals surface area (Å²) in [5.74, 6) is -2.29. The van der Waals surface area contributed by atoms with E-state index in [0.717, 1.165) is 5.01 Å². The molecule has 0 saturated heterocycles. The van der Waals surface area contributed by atoms with Crippen molar-refractivity contribution in [1.29, 1.82) is 0 Å². The number of hydrogen-bond donors (Lipinski definition) is 1. The number of methoxy groups -OCH3 is 1. The van der Waals surface area contributed by atoms with Crippen LogP contribution >= 0.6 is 11.3 Å². The van der Waals surface area contributed by atoms with Gasteiger partial charge < -0.3 is 14.4 Å². The van der Waals surface area contributed by atoms with E-state index in [4.69, 9.17) is 9.47 Å². The number of thiazole rings is 1. The third-order valence-corrected chi connectivity index (χ3v) is 8.04. The van der Waals surface area contributed by atoms with Crippen LogP contribution < -0.4 is 9.46 Å². The van der Waals surface area contributed by atoms with Gasteiger partial charge in [-0.3, -0.25) is 14.4 Å². The van der Waals surface area contributed by atoms with E-state index in [1.54, 1.807) is 31.7 Å². The Hall–Kier alpha value is -2.42. The zero-order chi connectivity index (χ0) is 27.4. The first-order chi connectivity index (χ1) is 17.3. The van der Waals surface area contributed by atoms with Crippen LogP contribution in [0.4, 0.5) is 18.9 Å². The molecule has 2 aromatic rings. The van der Waals surface area contributed by atoms with Gasteiger partial charge in [-0.05, 0) is 31.0 Å². The maximum atomic E-state index is 13.3. The number of ether oxygens (including phenoxy) is 2. The number of sulfonamides is 1. The number of benzene rings is 1. The Labute approximate surface area is 218 Å². The second-order valence-electron chi connectivity index (χ2n) is 9.14. The molecule has 1 aromatic heterocycles. The maximum absolute atomic E-state index is 13.3. The van der Waals surface area contributed by atoms with Gasteiger partial charge >= 0.3 is 6.18 Å². The zero-order valence-corrected chi connectivity index (χ0v) is 22.6. The summed E-state index contributed by atoms with van der Waals surface area (Å²) < 4.78 is 75.6. The molecule has 0 bridgehead atoms. The number of fused-ring (bicyclic) bond motifs is 1. The van der Waals surface area contributed by atoms with Gasteiger partial charge in [-0.15, -0.1) is 11.3 Å². The van der Waals surface area contributed by atoms with E-state index >= 15 is 0 Å². The van der Waals surface area contributed by atoms with Crippen molar-refractivity contribution in [3.8, 4) is 5.75 Å². The fourth-order valence-corrected chi connectivity index (χ4v) is 5.70. The van der Waals surface area contributed by atoms with Crippen LogP contribution in [0.1, 0.15) is 29.2 Å². The highest BCUT2D eigenvalue weighted by Crippen LogP contribution is 2.28. The molecule has 1 aliphatic rings. The van der Waals surface area contributed by atoms with Crippen molar-refractivity contribution >= 4 is 33.0 Å². The highest BCUT2D eigenvalue weighted by atomic mass is 32.2. The molecule has 9 nitrogen and oxygen atoms in total. The summed E-state index contributed by atoms with van der Waals surface area (Å²) in [6, 6.07) is 3.75. The van der Waals surface area contributed by atoms with Crippen molar-refractivity contribution in [2.45, 2.75) is 38.7 Å². The minimum Gasteiger partial charge on any atom is -0.491 e. The Balaban J connectivity index is 1.93. The summed E-state index contributed by atoms with van der Waals surface area (Å²) in [5.41, 5.74) is -0.146. The van der Waals surface area contributed by atoms with Crippen LogP contribution in [0.3, 0.4) is 0 Å². The highest BCUT2D eigenvalue weighted by molar-refractivity contribution is 7.92. The van der Waals surface area contributed by atoms with Gasteiger partial charge in [0, 0.05) is 50.6 Å². The summed E-state index contributed by atoms with van der Waals surface area (Å²) in [6.45, 7) is 5.73. The molecule has 0 aliphatic carbocycles. The lowest BCUT2D eigenvalue weighted by molar-refractivity contribution is -0.106. The lowest BCUT2D eigenvalue weighted by atomic mass is 10.0. The summed E-state index contributed by atoms with van der Waals surface area (Å²) >= 11 is 1.55. The predicted octanol–water partition coefficient (Wildman–Crippen LogP) is 3.45. The van der Waals surface area contributed by atoms with Crippen LogP contribution in [0.2, 0.25) is 0 Å².